The average Bonchev–Trinajstić information content (AvgIpc) is 3.48. The molecular formula is C20H22ClN5O5S. The number of carbonyl (C=O) groups is 1. The summed E-state index contributed by atoms with van der Waals surface area (Å²) in [4.78, 5) is 25.2. The molecule has 0 aliphatic heterocycles. The van der Waals surface area contributed by atoms with E-state index in [1.807, 2.05) is 11.6 Å². The van der Waals surface area contributed by atoms with Crippen molar-refractivity contribution in [2.24, 2.45) is 7.05 Å². The molecule has 0 spiro atoms. The molecule has 0 bridgehead atoms. The molecule has 170 valence electrons. The first-order valence-corrected chi connectivity index (χ1v) is 11.1. The van der Waals surface area contributed by atoms with Crippen LogP contribution in [0, 0.1) is 0 Å². The molecule has 0 aromatic carbocycles. The molecule has 0 unspecified atom stereocenters. The number of halogens is 1. The van der Waals surface area contributed by atoms with Crippen molar-refractivity contribution >= 4 is 39.7 Å². The fourth-order valence-corrected chi connectivity index (χ4v) is 4.92. The Morgan fingerprint density at radius 1 is 1.34 bits per heavy atom. The van der Waals surface area contributed by atoms with E-state index < -0.39 is 11.5 Å². The molecule has 3 aromatic rings. The number of nitrogens with one attached hydrogen (secondary N) is 2. The minimum absolute atomic E-state index is 0.000135. The molecule has 3 heterocycles. The van der Waals surface area contributed by atoms with Crippen LogP contribution in [0.2, 0.25) is 5.02 Å². The Hall–Kier alpha value is -2.89. The van der Waals surface area contributed by atoms with E-state index in [4.69, 9.17) is 25.5 Å². The zero-order valence-electron chi connectivity index (χ0n) is 17.7. The van der Waals surface area contributed by atoms with Crippen LogP contribution in [-0.2, 0) is 11.8 Å². The molecule has 12 heteroatoms. The number of carbonyl (C=O) groups excluding carboxylic acids is 1. The fourth-order valence-electron chi connectivity index (χ4n) is 3.75. The van der Waals surface area contributed by atoms with Crippen LogP contribution >= 0.6 is 22.9 Å². The van der Waals surface area contributed by atoms with Crippen LogP contribution in [-0.4, -0.2) is 47.0 Å². The molecular weight excluding hydrogens is 458 g/mol. The van der Waals surface area contributed by atoms with Crippen LogP contribution in [0.15, 0.2) is 27.5 Å². The molecule has 2 atom stereocenters. The highest BCUT2D eigenvalue weighted by Gasteiger charge is 2.29. The minimum Gasteiger partial charge on any atom is -0.488 e. The van der Waals surface area contributed by atoms with Gasteiger partial charge in [-0.1, -0.05) is 22.9 Å². The number of nitrogens with zero attached hydrogens (tertiary/aromatic N) is 3. The zero-order chi connectivity index (χ0) is 22.8. The lowest BCUT2D eigenvalue weighted by molar-refractivity contribution is 0.0990. The lowest BCUT2D eigenvalue weighted by atomic mass is 10.2. The van der Waals surface area contributed by atoms with Gasteiger partial charge in [0.25, 0.3) is 5.91 Å². The standard InChI is InChI=1S/C20H22ClN5O5S/c1-26-8-7-10(21)15(26)18-24-25-20(32-18)23-17(27)14-9-12(16(30-3)19(28)31-14)22-11-5-4-6-13(11)29-2/h7-9,11,13,22H,4-6H2,1-3H3,(H,23,25,27)/t11-,13+/m0/s1. The summed E-state index contributed by atoms with van der Waals surface area (Å²) in [5, 5.41) is 15.3. The summed E-state index contributed by atoms with van der Waals surface area (Å²) in [5.41, 5.74) is 0.302. The lowest BCUT2D eigenvalue weighted by Gasteiger charge is -2.21. The second kappa shape index (κ2) is 9.31. The van der Waals surface area contributed by atoms with Crippen LogP contribution < -0.4 is 21.0 Å². The maximum absolute atomic E-state index is 12.8. The van der Waals surface area contributed by atoms with Gasteiger partial charge in [-0.2, -0.15) is 0 Å². The van der Waals surface area contributed by atoms with Gasteiger partial charge in [0.2, 0.25) is 10.9 Å². The number of hydrogen-bond acceptors (Lipinski definition) is 9. The second-order valence-corrected chi connectivity index (χ2v) is 8.68. The van der Waals surface area contributed by atoms with Crippen molar-refractivity contribution in [2.75, 3.05) is 24.9 Å². The molecule has 2 N–H and O–H groups in total. The first kappa shape index (κ1) is 22.3. The number of methoxy groups -OCH3 is 2. The number of rotatable bonds is 7. The Kier molecular flexibility index (Phi) is 6.49. The third-order valence-corrected chi connectivity index (χ3v) is 6.45. The molecule has 0 radical (unpaired) electrons. The Balaban J connectivity index is 1.56. The normalized spacial score (nSPS) is 18.0. The maximum atomic E-state index is 12.8. The number of aromatic nitrogens is 3. The van der Waals surface area contributed by atoms with E-state index in [0.717, 1.165) is 30.6 Å². The number of amides is 1. The summed E-state index contributed by atoms with van der Waals surface area (Å²) in [6, 6.07) is 3.18. The SMILES string of the molecule is COc1c(N[C@H]2CCC[C@H]2OC)cc(C(=O)Nc2nnc(-c3c(Cl)ccn3C)s2)oc1=O. The predicted octanol–water partition coefficient (Wildman–Crippen LogP) is 3.39. The molecule has 1 saturated carbocycles. The highest BCUT2D eigenvalue weighted by molar-refractivity contribution is 7.18. The van der Waals surface area contributed by atoms with Crippen molar-refractivity contribution < 1.29 is 18.7 Å². The van der Waals surface area contributed by atoms with E-state index in [0.29, 0.717) is 21.4 Å². The molecule has 1 amide bonds. The third kappa shape index (κ3) is 4.36. The van der Waals surface area contributed by atoms with E-state index >= 15 is 0 Å². The van der Waals surface area contributed by atoms with Crippen molar-refractivity contribution in [3.8, 4) is 16.5 Å². The van der Waals surface area contributed by atoms with Crippen molar-refractivity contribution in [1.82, 2.24) is 14.8 Å². The first-order chi connectivity index (χ1) is 15.4. The molecule has 1 aliphatic rings. The number of hydrogen-bond donors (Lipinski definition) is 2. The monoisotopic (exact) mass is 479 g/mol. The number of ether oxygens (including phenoxy) is 2. The molecule has 10 nitrogen and oxygen atoms in total. The average molecular weight is 480 g/mol. The second-order valence-electron chi connectivity index (χ2n) is 7.29. The van der Waals surface area contributed by atoms with Gasteiger partial charge in [0.15, 0.2) is 10.8 Å². The van der Waals surface area contributed by atoms with E-state index in [9.17, 15) is 9.59 Å². The van der Waals surface area contributed by atoms with Crippen molar-refractivity contribution in [3.63, 3.8) is 0 Å². The Labute approximate surface area is 192 Å². The Morgan fingerprint density at radius 3 is 2.84 bits per heavy atom. The quantitative estimate of drug-likeness (QED) is 0.529. The van der Waals surface area contributed by atoms with Crippen LogP contribution in [0.4, 0.5) is 10.8 Å². The van der Waals surface area contributed by atoms with Gasteiger partial charge in [-0.05, 0) is 25.3 Å². The summed E-state index contributed by atoms with van der Waals surface area (Å²) in [5.74, 6) is -0.818. The molecule has 1 aliphatic carbocycles. The minimum atomic E-state index is -0.761. The largest absolute Gasteiger partial charge is 0.488 e. The fraction of sp³-hybridized carbons (Fsp3) is 0.400. The van der Waals surface area contributed by atoms with Crippen LogP contribution in [0.1, 0.15) is 29.8 Å². The van der Waals surface area contributed by atoms with E-state index in [1.165, 1.54) is 13.2 Å². The van der Waals surface area contributed by atoms with Crippen molar-refractivity contribution in [2.45, 2.75) is 31.4 Å². The number of anilines is 2. The van der Waals surface area contributed by atoms with Crippen LogP contribution in [0.5, 0.6) is 5.75 Å². The van der Waals surface area contributed by atoms with Crippen molar-refractivity contribution in [3.05, 3.63) is 39.5 Å². The predicted molar refractivity (Wildman–Crippen MR) is 121 cm³/mol. The summed E-state index contributed by atoms with van der Waals surface area (Å²) < 4.78 is 17.7. The molecule has 4 rings (SSSR count). The van der Waals surface area contributed by atoms with Gasteiger partial charge >= 0.3 is 5.63 Å². The highest BCUT2D eigenvalue weighted by atomic mass is 35.5. The molecule has 3 aromatic heterocycles. The summed E-state index contributed by atoms with van der Waals surface area (Å²) in [7, 11) is 4.86. The van der Waals surface area contributed by atoms with Gasteiger partial charge < -0.3 is 23.8 Å². The van der Waals surface area contributed by atoms with E-state index in [1.54, 1.807) is 19.4 Å². The first-order valence-electron chi connectivity index (χ1n) is 9.88. The van der Waals surface area contributed by atoms with Gasteiger partial charge in [-0.3, -0.25) is 10.1 Å². The summed E-state index contributed by atoms with van der Waals surface area (Å²) in [6.45, 7) is 0. The summed E-state index contributed by atoms with van der Waals surface area (Å²) in [6.07, 6.45) is 4.59. The smallest absolute Gasteiger partial charge is 0.381 e. The Morgan fingerprint density at radius 2 is 2.16 bits per heavy atom. The van der Waals surface area contributed by atoms with E-state index in [2.05, 4.69) is 20.8 Å². The lowest BCUT2D eigenvalue weighted by Crippen LogP contribution is -2.30. The van der Waals surface area contributed by atoms with Crippen LogP contribution in [0.3, 0.4) is 0 Å². The van der Waals surface area contributed by atoms with Gasteiger partial charge in [-0.25, -0.2) is 4.79 Å². The number of aryl methyl sites for hydroxylation is 1. The maximum Gasteiger partial charge on any atom is 0.381 e. The third-order valence-electron chi connectivity index (χ3n) is 5.30. The van der Waals surface area contributed by atoms with Crippen LogP contribution in [0.25, 0.3) is 10.7 Å². The van der Waals surface area contributed by atoms with Gasteiger partial charge in [0.1, 0.15) is 0 Å². The highest BCUT2D eigenvalue weighted by Crippen LogP contribution is 2.33. The van der Waals surface area contributed by atoms with Gasteiger partial charge in [-0.15, -0.1) is 10.2 Å². The summed E-state index contributed by atoms with van der Waals surface area (Å²) >= 11 is 7.35. The van der Waals surface area contributed by atoms with Gasteiger partial charge in [0, 0.05) is 26.4 Å². The Bertz CT molecular complexity index is 1170. The topological polar surface area (TPSA) is 121 Å². The zero-order valence-corrected chi connectivity index (χ0v) is 19.2. The molecule has 32 heavy (non-hydrogen) atoms. The molecule has 1 fully saturated rings. The van der Waals surface area contributed by atoms with E-state index in [-0.39, 0.29) is 28.8 Å². The van der Waals surface area contributed by atoms with Gasteiger partial charge in [0.05, 0.1) is 35.7 Å². The van der Waals surface area contributed by atoms with Crippen molar-refractivity contribution in [1.29, 1.82) is 0 Å². The molecule has 0 saturated heterocycles.